The van der Waals surface area contributed by atoms with Crippen molar-refractivity contribution in [2.45, 2.75) is 38.0 Å². The van der Waals surface area contributed by atoms with E-state index >= 15 is 0 Å². The Kier molecular flexibility index (Phi) is 5.64. The molecule has 2 heterocycles. The van der Waals surface area contributed by atoms with Gasteiger partial charge in [0.1, 0.15) is 5.82 Å². The number of nitrogens with zero attached hydrogens (tertiary/aromatic N) is 4. The third-order valence-electron chi connectivity index (χ3n) is 3.69. The molecular weight excluding hydrogens is 310 g/mol. The molecule has 1 aromatic heterocycles. The molecule has 21 heavy (non-hydrogen) atoms. The highest BCUT2D eigenvalue weighted by molar-refractivity contribution is 7.99. The zero-order valence-corrected chi connectivity index (χ0v) is 14.2. The summed E-state index contributed by atoms with van der Waals surface area (Å²) < 4.78 is 26.9. The Hall–Kier alpha value is -0.640. The summed E-state index contributed by atoms with van der Waals surface area (Å²) in [6, 6.07) is 0. The SMILES string of the molecule is CCn1c(CN)nnc1SCC1CCCN(S(C)(=O)=O)C1. The van der Waals surface area contributed by atoms with E-state index in [1.807, 2.05) is 11.5 Å². The van der Waals surface area contributed by atoms with Crippen molar-refractivity contribution in [2.24, 2.45) is 11.7 Å². The molecule has 1 fully saturated rings. The summed E-state index contributed by atoms with van der Waals surface area (Å²) in [5.41, 5.74) is 5.64. The monoisotopic (exact) mass is 333 g/mol. The van der Waals surface area contributed by atoms with Crippen LogP contribution in [0.5, 0.6) is 0 Å². The molecule has 1 atom stereocenters. The summed E-state index contributed by atoms with van der Waals surface area (Å²) in [5, 5.41) is 9.13. The smallest absolute Gasteiger partial charge is 0.211 e. The van der Waals surface area contributed by atoms with Crippen molar-refractivity contribution in [2.75, 3.05) is 25.1 Å². The lowest BCUT2D eigenvalue weighted by Crippen LogP contribution is -2.39. The van der Waals surface area contributed by atoms with Gasteiger partial charge in [0.15, 0.2) is 5.16 Å². The van der Waals surface area contributed by atoms with Gasteiger partial charge < -0.3 is 10.3 Å². The van der Waals surface area contributed by atoms with Gasteiger partial charge in [0.25, 0.3) is 0 Å². The Morgan fingerprint density at radius 3 is 2.81 bits per heavy atom. The molecule has 2 rings (SSSR count). The molecule has 1 saturated heterocycles. The van der Waals surface area contributed by atoms with E-state index in [2.05, 4.69) is 10.2 Å². The largest absolute Gasteiger partial charge is 0.324 e. The highest BCUT2D eigenvalue weighted by Crippen LogP contribution is 2.26. The summed E-state index contributed by atoms with van der Waals surface area (Å²) in [4.78, 5) is 0. The van der Waals surface area contributed by atoms with Crippen molar-refractivity contribution in [3.8, 4) is 0 Å². The van der Waals surface area contributed by atoms with Crippen LogP contribution in [0.1, 0.15) is 25.6 Å². The van der Waals surface area contributed by atoms with Crippen LogP contribution in [-0.2, 0) is 23.1 Å². The van der Waals surface area contributed by atoms with Gasteiger partial charge in [-0.05, 0) is 25.7 Å². The van der Waals surface area contributed by atoms with E-state index in [1.54, 1.807) is 16.1 Å². The van der Waals surface area contributed by atoms with Crippen molar-refractivity contribution in [1.82, 2.24) is 19.1 Å². The third-order valence-corrected chi connectivity index (χ3v) is 6.16. The molecule has 9 heteroatoms. The molecule has 1 aliphatic heterocycles. The fourth-order valence-electron chi connectivity index (χ4n) is 2.55. The van der Waals surface area contributed by atoms with Crippen LogP contribution in [0.15, 0.2) is 5.16 Å². The van der Waals surface area contributed by atoms with Gasteiger partial charge in [-0.25, -0.2) is 12.7 Å². The maximum absolute atomic E-state index is 11.6. The second-order valence-corrected chi connectivity index (χ2v) is 8.26. The van der Waals surface area contributed by atoms with E-state index in [0.717, 1.165) is 36.1 Å². The molecule has 0 spiro atoms. The molecule has 2 N–H and O–H groups in total. The number of thioether (sulfide) groups is 1. The Balaban J connectivity index is 1.95. The minimum atomic E-state index is -3.08. The Morgan fingerprint density at radius 1 is 1.43 bits per heavy atom. The molecule has 0 amide bonds. The third kappa shape index (κ3) is 4.18. The number of piperidine rings is 1. The second kappa shape index (κ2) is 7.08. The molecule has 0 aromatic carbocycles. The molecule has 0 aliphatic carbocycles. The van der Waals surface area contributed by atoms with E-state index in [-0.39, 0.29) is 0 Å². The van der Waals surface area contributed by atoms with E-state index in [0.29, 0.717) is 25.6 Å². The van der Waals surface area contributed by atoms with E-state index in [4.69, 9.17) is 5.73 Å². The predicted molar refractivity (Wildman–Crippen MR) is 83.5 cm³/mol. The average Bonchev–Trinajstić information content (AvgIpc) is 2.86. The minimum absolute atomic E-state index is 0.363. The van der Waals surface area contributed by atoms with Crippen LogP contribution >= 0.6 is 11.8 Å². The van der Waals surface area contributed by atoms with Gasteiger partial charge in [-0.2, -0.15) is 0 Å². The van der Waals surface area contributed by atoms with Crippen LogP contribution in [0.25, 0.3) is 0 Å². The summed E-state index contributed by atoms with van der Waals surface area (Å²) in [6.07, 6.45) is 3.26. The van der Waals surface area contributed by atoms with Crippen LogP contribution in [0.2, 0.25) is 0 Å². The Labute approximate surface area is 130 Å². The molecule has 1 aromatic rings. The van der Waals surface area contributed by atoms with E-state index in [1.165, 1.54) is 6.26 Å². The number of hydrogen-bond acceptors (Lipinski definition) is 6. The Bertz CT molecular complexity index is 572. The molecule has 0 bridgehead atoms. The zero-order valence-electron chi connectivity index (χ0n) is 12.5. The van der Waals surface area contributed by atoms with Gasteiger partial charge in [-0.1, -0.05) is 11.8 Å². The van der Waals surface area contributed by atoms with Crippen LogP contribution in [0.4, 0.5) is 0 Å². The fraction of sp³-hybridized carbons (Fsp3) is 0.833. The van der Waals surface area contributed by atoms with E-state index < -0.39 is 10.0 Å². The topological polar surface area (TPSA) is 94.1 Å². The van der Waals surface area contributed by atoms with Gasteiger partial charge in [0.05, 0.1) is 12.8 Å². The number of nitrogens with two attached hydrogens (primary N) is 1. The van der Waals surface area contributed by atoms with Gasteiger partial charge in [-0.15, -0.1) is 10.2 Å². The zero-order chi connectivity index (χ0) is 15.5. The maximum atomic E-state index is 11.6. The highest BCUT2D eigenvalue weighted by atomic mass is 32.2. The second-order valence-electron chi connectivity index (χ2n) is 5.29. The number of rotatable bonds is 6. The van der Waals surface area contributed by atoms with Crippen LogP contribution in [-0.4, -0.2) is 52.6 Å². The van der Waals surface area contributed by atoms with Crippen LogP contribution < -0.4 is 5.73 Å². The number of aromatic nitrogens is 3. The summed E-state index contributed by atoms with van der Waals surface area (Å²) in [6.45, 7) is 4.46. The number of hydrogen-bond donors (Lipinski definition) is 1. The molecular formula is C12H23N5O2S2. The lowest BCUT2D eigenvalue weighted by atomic mass is 10.0. The van der Waals surface area contributed by atoms with Crippen LogP contribution in [0, 0.1) is 5.92 Å². The van der Waals surface area contributed by atoms with Gasteiger partial charge >= 0.3 is 0 Å². The number of sulfonamides is 1. The predicted octanol–water partition coefficient (Wildman–Crippen LogP) is 0.520. The van der Waals surface area contributed by atoms with Gasteiger partial charge in [0, 0.05) is 25.4 Å². The summed E-state index contributed by atoms with van der Waals surface area (Å²) in [7, 11) is -3.08. The lowest BCUT2D eigenvalue weighted by molar-refractivity contribution is 0.286. The molecule has 1 aliphatic rings. The standard InChI is InChI=1S/C12H23N5O2S2/c1-3-17-11(7-13)14-15-12(17)20-9-10-5-4-6-16(8-10)21(2,18)19/h10H,3-9,13H2,1-2H3. The molecule has 0 saturated carbocycles. The summed E-state index contributed by atoms with van der Waals surface area (Å²) >= 11 is 1.64. The van der Waals surface area contributed by atoms with Crippen molar-refractivity contribution in [1.29, 1.82) is 0 Å². The molecule has 120 valence electrons. The molecule has 7 nitrogen and oxygen atoms in total. The van der Waals surface area contributed by atoms with Gasteiger partial charge in [0.2, 0.25) is 10.0 Å². The normalized spacial score (nSPS) is 20.8. The summed E-state index contributed by atoms with van der Waals surface area (Å²) in [5.74, 6) is 2.01. The average molecular weight is 333 g/mol. The first-order valence-corrected chi connectivity index (χ1v) is 9.99. The quantitative estimate of drug-likeness (QED) is 0.763. The van der Waals surface area contributed by atoms with Gasteiger partial charge in [-0.3, -0.25) is 0 Å². The Morgan fingerprint density at radius 2 is 2.19 bits per heavy atom. The van der Waals surface area contributed by atoms with Crippen molar-refractivity contribution >= 4 is 21.8 Å². The first-order valence-electron chi connectivity index (χ1n) is 7.15. The molecule has 0 radical (unpaired) electrons. The minimum Gasteiger partial charge on any atom is -0.324 e. The van der Waals surface area contributed by atoms with Crippen LogP contribution in [0.3, 0.4) is 0 Å². The van der Waals surface area contributed by atoms with Crippen molar-refractivity contribution in [3.63, 3.8) is 0 Å². The lowest BCUT2D eigenvalue weighted by Gasteiger charge is -2.30. The maximum Gasteiger partial charge on any atom is 0.211 e. The van der Waals surface area contributed by atoms with Crippen molar-refractivity contribution in [3.05, 3.63) is 5.82 Å². The van der Waals surface area contributed by atoms with Crippen molar-refractivity contribution < 1.29 is 8.42 Å². The van der Waals surface area contributed by atoms with E-state index in [9.17, 15) is 8.42 Å². The molecule has 1 unspecified atom stereocenters. The fourth-order valence-corrected chi connectivity index (χ4v) is 4.64. The first kappa shape index (κ1) is 16.7. The first-order chi connectivity index (χ1) is 9.95. The highest BCUT2D eigenvalue weighted by Gasteiger charge is 2.26.